The van der Waals surface area contributed by atoms with Crippen molar-refractivity contribution in [3.05, 3.63) is 35.9 Å². The molecule has 14 heavy (non-hydrogen) atoms. The monoisotopic (exact) mass is 192 g/mol. The Kier molecular flexibility index (Phi) is 3.17. The lowest BCUT2D eigenvalue weighted by Gasteiger charge is -2.27. The van der Waals surface area contributed by atoms with Gasteiger partial charge in [-0.25, -0.2) is 4.89 Å². The van der Waals surface area contributed by atoms with Gasteiger partial charge in [-0.15, -0.1) is 0 Å². The van der Waals surface area contributed by atoms with Crippen LogP contribution < -0.4 is 0 Å². The highest BCUT2D eigenvalue weighted by atomic mass is 17.1. The molecular weight excluding hydrogens is 176 g/mol. The molecule has 1 aliphatic carbocycles. The van der Waals surface area contributed by atoms with Gasteiger partial charge in [0.25, 0.3) is 0 Å². The molecule has 1 aromatic carbocycles. The molecule has 0 amide bonds. The van der Waals surface area contributed by atoms with E-state index >= 15 is 0 Å². The van der Waals surface area contributed by atoms with Crippen molar-refractivity contribution >= 4 is 0 Å². The molecule has 0 bridgehead atoms. The van der Waals surface area contributed by atoms with Crippen molar-refractivity contribution in [3.8, 4) is 0 Å². The van der Waals surface area contributed by atoms with E-state index in [4.69, 9.17) is 5.26 Å². The summed E-state index contributed by atoms with van der Waals surface area (Å²) in [6.07, 6.45) is 4.32. The predicted octanol–water partition coefficient (Wildman–Crippen LogP) is 3.20. The van der Waals surface area contributed by atoms with Crippen LogP contribution in [0, 0.1) is 0 Å². The van der Waals surface area contributed by atoms with Crippen LogP contribution in [0.15, 0.2) is 30.3 Å². The third kappa shape index (κ3) is 2.14. The molecule has 0 radical (unpaired) electrons. The maximum absolute atomic E-state index is 8.66. The third-order valence-electron chi connectivity index (χ3n) is 3.05. The molecule has 1 aromatic rings. The Bertz CT molecular complexity index is 271. The van der Waals surface area contributed by atoms with Crippen molar-refractivity contribution in [2.45, 2.75) is 37.7 Å². The number of hydrogen-bond acceptors (Lipinski definition) is 2. The standard InChI is InChI=1S/C12H16O2/c13-14-12-8-4-7-11(9-12)10-5-2-1-3-6-10/h1-3,5-6,11-13H,4,7-9H2. The molecule has 0 heterocycles. The minimum absolute atomic E-state index is 0.0361. The first-order valence-corrected chi connectivity index (χ1v) is 5.25. The van der Waals surface area contributed by atoms with Crippen LogP contribution in [0.25, 0.3) is 0 Å². The Morgan fingerprint density at radius 2 is 1.93 bits per heavy atom. The van der Waals surface area contributed by atoms with Gasteiger partial charge in [-0.05, 0) is 30.7 Å². The fourth-order valence-corrected chi connectivity index (χ4v) is 2.27. The van der Waals surface area contributed by atoms with Crippen molar-refractivity contribution in [2.24, 2.45) is 0 Å². The van der Waals surface area contributed by atoms with Gasteiger partial charge in [0, 0.05) is 0 Å². The van der Waals surface area contributed by atoms with Crippen LogP contribution in [0.3, 0.4) is 0 Å². The van der Waals surface area contributed by atoms with Crippen LogP contribution in [0.5, 0.6) is 0 Å². The average molecular weight is 192 g/mol. The Balaban J connectivity index is 2.04. The van der Waals surface area contributed by atoms with Gasteiger partial charge in [0.05, 0.1) is 6.10 Å². The van der Waals surface area contributed by atoms with E-state index in [1.807, 2.05) is 6.07 Å². The van der Waals surface area contributed by atoms with E-state index in [9.17, 15) is 0 Å². The van der Waals surface area contributed by atoms with Gasteiger partial charge in [-0.1, -0.05) is 36.8 Å². The smallest absolute Gasteiger partial charge is 0.0933 e. The molecule has 0 aliphatic heterocycles. The summed E-state index contributed by atoms with van der Waals surface area (Å²) >= 11 is 0. The van der Waals surface area contributed by atoms with Crippen LogP contribution in [0.4, 0.5) is 0 Å². The van der Waals surface area contributed by atoms with Crippen LogP contribution in [-0.4, -0.2) is 11.4 Å². The van der Waals surface area contributed by atoms with E-state index in [0.29, 0.717) is 5.92 Å². The van der Waals surface area contributed by atoms with E-state index in [0.717, 1.165) is 19.3 Å². The fraction of sp³-hybridized carbons (Fsp3) is 0.500. The lowest BCUT2D eigenvalue weighted by molar-refractivity contribution is -0.284. The Morgan fingerprint density at radius 3 is 2.64 bits per heavy atom. The van der Waals surface area contributed by atoms with Crippen LogP contribution in [-0.2, 0) is 4.89 Å². The molecule has 1 aliphatic rings. The quantitative estimate of drug-likeness (QED) is 0.576. The highest BCUT2D eigenvalue weighted by molar-refractivity contribution is 5.20. The second-order valence-corrected chi connectivity index (χ2v) is 4.00. The van der Waals surface area contributed by atoms with Crippen LogP contribution >= 0.6 is 0 Å². The summed E-state index contributed by atoms with van der Waals surface area (Å²) in [6, 6.07) is 10.5. The van der Waals surface area contributed by atoms with E-state index < -0.39 is 0 Å². The van der Waals surface area contributed by atoms with Gasteiger partial charge >= 0.3 is 0 Å². The molecule has 2 heteroatoms. The van der Waals surface area contributed by atoms with Gasteiger partial charge in [0.15, 0.2) is 0 Å². The van der Waals surface area contributed by atoms with Crippen molar-refractivity contribution in [1.82, 2.24) is 0 Å². The third-order valence-corrected chi connectivity index (χ3v) is 3.05. The molecule has 1 saturated carbocycles. The molecule has 2 rings (SSSR count). The Labute approximate surface area is 84.5 Å². The molecule has 2 unspecified atom stereocenters. The first-order chi connectivity index (χ1) is 6.90. The van der Waals surface area contributed by atoms with Crippen molar-refractivity contribution in [1.29, 1.82) is 0 Å². The largest absolute Gasteiger partial charge is 0.252 e. The molecule has 2 atom stereocenters. The highest BCUT2D eigenvalue weighted by Crippen LogP contribution is 2.33. The van der Waals surface area contributed by atoms with E-state index in [-0.39, 0.29) is 6.10 Å². The summed E-state index contributed by atoms with van der Waals surface area (Å²) in [5, 5.41) is 8.66. The summed E-state index contributed by atoms with van der Waals surface area (Å²) in [5.41, 5.74) is 1.37. The molecule has 0 aromatic heterocycles. The highest BCUT2D eigenvalue weighted by Gasteiger charge is 2.23. The maximum Gasteiger partial charge on any atom is 0.0933 e. The fourth-order valence-electron chi connectivity index (χ4n) is 2.27. The first-order valence-electron chi connectivity index (χ1n) is 5.25. The molecule has 2 nitrogen and oxygen atoms in total. The van der Waals surface area contributed by atoms with E-state index in [1.165, 1.54) is 12.0 Å². The summed E-state index contributed by atoms with van der Waals surface area (Å²) < 4.78 is 0. The minimum atomic E-state index is 0.0361. The summed E-state index contributed by atoms with van der Waals surface area (Å²) in [7, 11) is 0. The molecule has 76 valence electrons. The van der Waals surface area contributed by atoms with E-state index in [2.05, 4.69) is 29.2 Å². The first kappa shape index (κ1) is 9.69. The lowest BCUT2D eigenvalue weighted by atomic mass is 9.83. The van der Waals surface area contributed by atoms with Gasteiger partial charge in [-0.2, -0.15) is 0 Å². The predicted molar refractivity (Wildman–Crippen MR) is 55.2 cm³/mol. The zero-order valence-electron chi connectivity index (χ0n) is 8.23. The number of rotatable bonds is 2. The molecular formula is C12H16O2. The topological polar surface area (TPSA) is 29.5 Å². The van der Waals surface area contributed by atoms with Gasteiger partial charge in [0.1, 0.15) is 0 Å². The van der Waals surface area contributed by atoms with E-state index in [1.54, 1.807) is 0 Å². The Morgan fingerprint density at radius 1 is 1.14 bits per heavy atom. The van der Waals surface area contributed by atoms with Crippen molar-refractivity contribution in [3.63, 3.8) is 0 Å². The SMILES string of the molecule is OOC1CCCC(c2ccccc2)C1. The lowest BCUT2D eigenvalue weighted by Crippen LogP contribution is -2.20. The number of benzene rings is 1. The second-order valence-electron chi connectivity index (χ2n) is 4.00. The molecule has 0 spiro atoms. The van der Waals surface area contributed by atoms with Gasteiger partial charge in [0.2, 0.25) is 0 Å². The maximum atomic E-state index is 8.66. The normalized spacial score (nSPS) is 27.5. The molecule has 0 saturated heterocycles. The molecule has 1 N–H and O–H groups in total. The summed E-state index contributed by atoms with van der Waals surface area (Å²) in [6.45, 7) is 0. The second kappa shape index (κ2) is 4.58. The van der Waals surface area contributed by atoms with Gasteiger partial charge < -0.3 is 0 Å². The molecule has 1 fully saturated rings. The zero-order chi connectivity index (χ0) is 9.80. The Hall–Kier alpha value is -0.860. The van der Waals surface area contributed by atoms with Gasteiger partial charge in [-0.3, -0.25) is 5.26 Å². The van der Waals surface area contributed by atoms with Crippen molar-refractivity contribution < 1.29 is 10.1 Å². The summed E-state index contributed by atoms with van der Waals surface area (Å²) in [5.74, 6) is 0.557. The average Bonchev–Trinajstić information content (AvgIpc) is 2.30. The van der Waals surface area contributed by atoms with Crippen molar-refractivity contribution in [2.75, 3.05) is 0 Å². The van der Waals surface area contributed by atoms with Crippen LogP contribution in [0.1, 0.15) is 37.2 Å². The number of hydrogen-bond donors (Lipinski definition) is 1. The zero-order valence-corrected chi connectivity index (χ0v) is 8.23. The summed E-state index contributed by atoms with van der Waals surface area (Å²) in [4.78, 5) is 4.44. The van der Waals surface area contributed by atoms with Crippen LogP contribution in [0.2, 0.25) is 0 Å². The minimum Gasteiger partial charge on any atom is -0.252 e.